The fourth-order valence-corrected chi connectivity index (χ4v) is 4.97. The molecule has 4 aromatic rings. The summed E-state index contributed by atoms with van der Waals surface area (Å²) in [5.41, 5.74) is 3.52. The van der Waals surface area contributed by atoms with Crippen LogP contribution < -0.4 is 19.8 Å². The summed E-state index contributed by atoms with van der Waals surface area (Å²) in [6, 6.07) is 14.6. The van der Waals surface area contributed by atoms with E-state index in [4.69, 9.17) is 24.3 Å². The molecule has 0 amide bonds. The van der Waals surface area contributed by atoms with Gasteiger partial charge >= 0.3 is 5.97 Å². The van der Waals surface area contributed by atoms with Crippen molar-refractivity contribution in [3.8, 4) is 28.6 Å². The van der Waals surface area contributed by atoms with Crippen LogP contribution in [0.5, 0.6) is 17.2 Å². The maximum absolute atomic E-state index is 13.8. The van der Waals surface area contributed by atoms with Crippen LogP contribution in [0, 0.1) is 6.92 Å². The van der Waals surface area contributed by atoms with Crippen molar-refractivity contribution >= 4 is 39.0 Å². The number of ether oxygens (including phenoxy) is 3. The Hall–Kier alpha value is -4.18. The Morgan fingerprint density at radius 3 is 2.46 bits per heavy atom. The maximum atomic E-state index is 13.8. The molecule has 0 aliphatic rings. The van der Waals surface area contributed by atoms with Crippen molar-refractivity contribution in [1.29, 1.82) is 0 Å². The molecule has 0 bridgehead atoms. The molecule has 0 aliphatic heterocycles. The van der Waals surface area contributed by atoms with Crippen LogP contribution in [0.2, 0.25) is 0 Å². The summed E-state index contributed by atoms with van der Waals surface area (Å²) in [6.07, 6.45) is 1.53. The second-order valence-corrected chi connectivity index (χ2v) is 10.4. The first kappa shape index (κ1) is 29.8. The van der Waals surface area contributed by atoms with Crippen LogP contribution >= 0.6 is 15.9 Å². The summed E-state index contributed by atoms with van der Waals surface area (Å²) in [7, 11) is 0. The molecular formula is C31H32BrN3O6. The number of fused-ring (bicyclic) bond motifs is 1. The Morgan fingerprint density at radius 1 is 1.07 bits per heavy atom. The molecule has 0 fully saturated rings. The molecule has 9 nitrogen and oxygen atoms in total. The number of aromatic nitrogens is 2. The molecule has 0 saturated heterocycles. The van der Waals surface area contributed by atoms with Crippen LogP contribution in [0.25, 0.3) is 22.3 Å². The van der Waals surface area contributed by atoms with Crippen LogP contribution in [0.3, 0.4) is 0 Å². The van der Waals surface area contributed by atoms with Crippen molar-refractivity contribution in [2.24, 2.45) is 5.10 Å². The topological polar surface area (TPSA) is 112 Å². The van der Waals surface area contributed by atoms with Gasteiger partial charge in [-0.15, -0.1) is 0 Å². The number of rotatable bonds is 11. The lowest BCUT2D eigenvalue weighted by Gasteiger charge is -2.18. The SMILES string of the molecule is CCOc1cc(C)c(-c2nc3ccccc3c(=O)n2N=Cc2cc(Br)c(OCC(=O)O)c(OCC)c2)cc1C(C)C. The number of aryl methyl sites for hydroxylation is 1. The van der Waals surface area contributed by atoms with E-state index >= 15 is 0 Å². The fourth-order valence-electron chi connectivity index (χ4n) is 4.40. The highest BCUT2D eigenvalue weighted by Crippen LogP contribution is 2.37. The summed E-state index contributed by atoms with van der Waals surface area (Å²) in [5, 5.41) is 14.1. The molecule has 0 atom stereocenters. The molecule has 3 aromatic carbocycles. The number of carboxylic acid groups (broad SMARTS) is 1. The highest BCUT2D eigenvalue weighted by molar-refractivity contribution is 9.10. The lowest BCUT2D eigenvalue weighted by molar-refractivity contribution is -0.139. The van der Waals surface area contributed by atoms with Gasteiger partial charge < -0.3 is 19.3 Å². The smallest absolute Gasteiger partial charge is 0.341 e. The molecule has 1 heterocycles. The first-order valence-electron chi connectivity index (χ1n) is 13.3. The number of aliphatic carboxylic acids is 1. The fraction of sp³-hybridized carbons (Fsp3) is 0.290. The Kier molecular flexibility index (Phi) is 9.44. The standard InChI is InChI=1S/C31H32BrN3O6/c1-6-39-26-12-19(5)23(15-22(26)18(3)4)30-34-25-11-9-8-10-21(25)31(38)35(30)33-16-20-13-24(32)29(41-17-28(36)37)27(14-20)40-7-2/h8-16,18H,6-7,17H2,1-5H3,(H,36,37). The van der Waals surface area contributed by atoms with Crippen LogP contribution in [0.1, 0.15) is 50.3 Å². The molecule has 0 saturated carbocycles. The number of hydrogen-bond donors (Lipinski definition) is 1. The summed E-state index contributed by atoms with van der Waals surface area (Å²) >= 11 is 3.44. The van der Waals surface area contributed by atoms with E-state index in [0.717, 1.165) is 22.4 Å². The Morgan fingerprint density at radius 2 is 1.78 bits per heavy atom. The average molecular weight is 623 g/mol. The van der Waals surface area contributed by atoms with E-state index in [2.05, 4.69) is 34.9 Å². The number of nitrogens with zero attached hydrogens (tertiary/aromatic N) is 3. The highest BCUT2D eigenvalue weighted by atomic mass is 79.9. The lowest BCUT2D eigenvalue weighted by Crippen LogP contribution is -2.21. The quantitative estimate of drug-likeness (QED) is 0.193. The van der Waals surface area contributed by atoms with Gasteiger partial charge in [0.2, 0.25) is 0 Å². The number of carboxylic acids is 1. The molecule has 41 heavy (non-hydrogen) atoms. The minimum absolute atomic E-state index is 0.177. The molecule has 1 N–H and O–H groups in total. The van der Waals surface area contributed by atoms with Gasteiger partial charge in [0.15, 0.2) is 23.9 Å². The number of para-hydroxylation sites is 1. The number of carbonyl (C=O) groups is 1. The van der Waals surface area contributed by atoms with E-state index < -0.39 is 12.6 Å². The second kappa shape index (κ2) is 13.0. The van der Waals surface area contributed by atoms with Gasteiger partial charge in [-0.2, -0.15) is 9.78 Å². The minimum Gasteiger partial charge on any atom is -0.494 e. The Bertz CT molecular complexity index is 1680. The van der Waals surface area contributed by atoms with Crippen LogP contribution in [0.15, 0.2) is 62.9 Å². The zero-order valence-electron chi connectivity index (χ0n) is 23.6. The van der Waals surface area contributed by atoms with Crippen LogP contribution in [-0.4, -0.2) is 46.8 Å². The van der Waals surface area contributed by atoms with Gasteiger partial charge in [0.05, 0.1) is 34.8 Å². The second-order valence-electron chi connectivity index (χ2n) is 9.55. The zero-order valence-corrected chi connectivity index (χ0v) is 25.2. The summed E-state index contributed by atoms with van der Waals surface area (Å²) in [6.45, 7) is 10.3. The highest BCUT2D eigenvalue weighted by Gasteiger charge is 2.19. The molecule has 10 heteroatoms. The molecule has 4 rings (SSSR count). The van der Waals surface area contributed by atoms with E-state index in [-0.39, 0.29) is 17.2 Å². The van der Waals surface area contributed by atoms with Crippen molar-refractivity contribution in [2.45, 2.75) is 40.5 Å². The molecule has 0 unspecified atom stereocenters. The van der Waals surface area contributed by atoms with Crippen molar-refractivity contribution < 1.29 is 24.1 Å². The van der Waals surface area contributed by atoms with Crippen LogP contribution in [-0.2, 0) is 4.79 Å². The summed E-state index contributed by atoms with van der Waals surface area (Å²) in [4.78, 5) is 29.7. The van der Waals surface area contributed by atoms with E-state index in [0.29, 0.717) is 45.7 Å². The average Bonchev–Trinajstić information content (AvgIpc) is 2.92. The first-order valence-corrected chi connectivity index (χ1v) is 14.1. The van der Waals surface area contributed by atoms with Gasteiger partial charge in [-0.1, -0.05) is 26.0 Å². The molecule has 0 radical (unpaired) electrons. The van der Waals surface area contributed by atoms with Gasteiger partial charge in [-0.25, -0.2) is 9.78 Å². The Balaban J connectivity index is 1.90. The number of hydrogen-bond acceptors (Lipinski definition) is 7. The van der Waals surface area contributed by atoms with E-state index in [1.54, 1.807) is 24.3 Å². The van der Waals surface area contributed by atoms with E-state index in [9.17, 15) is 9.59 Å². The van der Waals surface area contributed by atoms with Gasteiger partial charge in [0.1, 0.15) is 5.75 Å². The maximum Gasteiger partial charge on any atom is 0.341 e. The largest absolute Gasteiger partial charge is 0.494 e. The van der Waals surface area contributed by atoms with Crippen molar-refractivity contribution in [2.75, 3.05) is 19.8 Å². The zero-order chi connectivity index (χ0) is 29.7. The third kappa shape index (κ3) is 6.59. The third-order valence-electron chi connectivity index (χ3n) is 6.27. The third-order valence-corrected chi connectivity index (χ3v) is 6.86. The van der Waals surface area contributed by atoms with E-state index in [1.807, 2.05) is 45.0 Å². The minimum atomic E-state index is -1.11. The summed E-state index contributed by atoms with van der Waals surface area (Å²) in [5.74, 6) is 0.890. The normalized spacial score (nSPS) is 11.4. The van der Waals surface area contributed by atoms with Gasteiger partial charge in [0.25, 0.3) is 5.56 Å². The monoisotopic (exact) mass is 621 g/mol. The van der Waals surface area contributed by atoms with E-state index in [1.165, 1.54) is 10.9 Å². The lowest BCUT2D eigenvalue weighted by atomic mass is 9.96. The summed E-state index contributed by atoms with van der Waals surface area (Å²) < 4.78 is 18.8. The number of halogens is 1. The molecule has 1 aromatic heterocycles. The molecule has 0 spiro atoms. The van der Waals surface area contributed by atoms with Gasteiger partial charge in [-0.05, 0) is 95.7 Å². The van der Waals surface area contributed by atoms with Crippen molar-refractivity contribution in [3.05, 3.63) is 80.0 Å². The molecule has 0 aliphatic carbocycles. The van der Waals surface area contributed by atoms with Gasteiger partial charge in [0, 0.05) is 5.56 Å². The Labute approximate surface area is 246 Å². The van der Waals surface area contributed by atoms with Crippen molar-refractivity contribution in [1.82, 2.24) is 9.66 Å². The van der Waals surface area contributed by atoms with Crippen molar-refractivity contribution in [3.63, 3.8) is 0 Å². The molecule has 214 valence electrons. The van der Waals surface area contributed by atoms with Gasteiger partial charge in [-0.3, -0.25) is 4.79 Å². The predicted octanol–water partition coefficient (Wildman–Crippen LogP) is 6.40. The number of benzene rings is 3. The predicted molar refractivity (Wildman–Crippen MR) is 163 cm³/mol. The van der Waals surface area contributed by atoms with Crippen LogP contribution in [0.4, 0.5) is 0 Å². The first-order chi connectivity index (χ1) is 19.6. The molecular weight excluding hydrogens is 590 g/mol.